The number of ether oxygens (including phenoxy) is 5. The van der Waals surface area contributed by atoms with Crippen LogP contribution in [0.3, 0.4) is 0 Å². The number of benzene rings is 1. The van der Waals surface area contributed by atoms with E-state index in [1.54, 1.807) is 24.3 Å². The number of carbonyl (C=O) groups excluding carboxylic acids is 2. The van der Waals surface area contributed by atoms with Crippen molar-refractivity contribution >= 4 is 18.0 Å². The minimum absolute atomic E-state index is 0.000336. The molecule has 1 aromatic rings. The second-order valence-electron chi connectivity index (χ2n) is 7.27. The maximum Gasteiger partial charge on any atom is 0.337 e. The SMILES string of the molecule is COC(=O)C1=CO[C@@H]2O[C@H]3/C(=C/c4ccc(O)c(OC)c4)C(=O)O[C@]34C=C[C@H]1[C@H]24. The van der Waals surface area contributed by atoms with Gasteiger partial charge in [0.1, 0.15) is 6.10 Å². The first-order chi connectivity index (χ1) is 14.0. The average Bonchev–Trinajstić information content (AvgIpc) is 3.33. The third-order valence-electron chi connectivity index (χ3n) is 5.87. The van der Waals surface area contributed by atoms with Crippen LogP contribution in [0.2, 0.25) is 0 Å². The van der Waals surface area contributed by atoms with Crippen LogP contribution in [0.1, 0.15) is 5.56 Å². The Labute approximate surface area is 165 Å². The molecule has 150 valence electrons. The van der Waals surface area contributed by atoms with Crippen molar-refractivity contribution in [1.29, 1.82) is 0 Å². The van der Waals surface area contributed by atoms with Gasteiger partial charge in [-0.1, -0.05) is 12.1 Å². The first-order valence-corrected chi connectivity index (χ1v) is 9.09. The smallest absolute Gasteiger partial charge is 0.337 e. The van der Waals surface area contributed by atoms with Crippen molar-refractivity contribution in [2.24, 2.45) is 11.8 Å². The number of carbonyl (C=O) groups is 2. The summed E-state index contributed by atoms with van der Waals surface area (Å²) in [5.74, 6) is -1.41. The summed E-state index contributed by atoms with van der Waals surface area (Å²) < 4.78 is 27.4. The molecule has 8 heteroatoms. The van der Waals surface area contributed by atoms with E-state index in [9.17, 15) is 14.7 Å². The number of rotatable bonds is 3. The standard InChI is InChI=1S/C21H18O8/c1-25-15-8-10(3-4-14(15)22)7-12-17-21(29-19(12)24)6-5-11-13(18(23)26-2)9-27-20(28-17)16(11)21/h3-9,11,16-17,20,22H,1-2H3/b12-7-/t11-,16-,17+,20-,21+/m1/s1. The van der Waals surface area contributed by atoms with Gasteiger partial charge in [-0.3, -0.25) is 0 Å². The Bertz CT molecular complexity index is 1010. The lowest BCUT2D eigenvalue weighted by molar-refractivity contribution is -0.152. The van der Waals surface area contributed by atoms with E-state index in [2.05, 4.69) is 0 Å². The van der Waals surface area contributed by atoms with Crippen molar-refractivity contribution in [3.63, 3.8) is 0 Å². The highest BCUT2D eigenvalue weighted by Crippen LogP contribution is 2.58. The van der Waals surface area contributed by atoms with Crippen LogP contribution in [0, 0.1) is 11.8 Å². The van der Waals surface area contributed by atoms with E-state index in [0.717, 1.165) is 0 Å². The molecule has 2 fully saturated rings. The van der Waals surface area contributed by atoms with Gasteiger partial charge >= 0.3 is 11.9 Å². The number of aromatic hydroxyl groups is 1. The van der Waals surface area contributed by atoms with Gasteiger partial charge < -0.3 is 28.8 Å². The van der Waals surface area contributed by atoms with Crippen molar-refractivity contribution in [2.45, 2.75) is 18.0 Å². The molecule has 1 aromatic carbocycles. The molecule has 3 heterocycles. The van der Waals surface area contributed by atoms with E-state index in [4.69, 9.17) is 23.7 Å². The van der Waals surface area contributed by atoms with Crippen LogP contribution < -0.4 is 4.74 Å². The molecule has 1 N–H and O–H groups in total. The predicted octanol–water partition coefficient (Wildman–Crippen LogP) is 1.69. The molecule has 0 amide bonds. The van der Waals surface area contributed by atoms with E-state index >= 15 is 0 Å². The summed E-state index contributed by atoms with van der Waals surface area (Å²) in [6.45, 7) is 0. The lowest BCUT2D eigenvalue weighted by Gasteiger charge is -2.32. The number of allylic oxidation sites excluding steroid dienone is 1. The Balaban J connectivity index is 1.52. The summed E-state index contributed by atoms with van der Waals surface area (Å²) in [7, 11) is 2.75. The largest absolute Gasteiger partial charge is 0.504 e. The Morgan fingerprint density at radius 2 is 2.14 bits per heavy atom. The number of phenols is 1. The first-order valence-electron chi connectivity index (χ1n) is 9.09. The number of phenolic OH excluding ortho intramolecular Hbond substituents is 1. The monoisotopic (exact) mass is 398 g/mol. The number of hydrogen-bond donors (Lipinski definition) is 1. The van der Waals surface area contributed by atoms with Crippen LogP contribution in [-0.4, -0.2) is 49.3 Å². The third-order valence-corrected chi connectivity index (χ3v) is 5.87. The minimum Gasteiger partial charge on any atom is -0.504 e. The number of methoxy groups -OCH3 is 2. The van der Waals surface area contributed by atoms with E-state index in [1.165, 1.54) is 26.5 Å². The van der Waals surface area contributed by atoms with Crippen molar-refractivity contribution < 1.29 is 38.4 Å². The number of hydrogen-bond acceptors (Lipinski definition) is 8. The Kier molecular flexibility index (Phi) is 3.76. The molecule has 1 aliphatic carbocycles. The Hall–Kier alpha value is -3.26. The maximum atomic E-state index is 12.7. The number of esters is 2. The van der Waals surface area contributed by atoms with Crippen molar-refractivity contribution in [1.82, 2.24) is 0 Å². The summed E-state index contributed by atoms with van der Waals surface area (Å²) in [5, 5.41) is 9.78. The molecule has 1 spiro atoms. The second kappa shape index (κ2) is 6.12. The molecule has 0 bridgehead atoms. The zero-order valence-corrected chi connectivity index (χ0v) is 15.7. The Morgan fingerprint density at radius 1 is 1.31 bits per heavy atom. The van der Waals surface area contributed by atoms with E-state index in [1.807, 2.05) is 6.08 Å². The summed E-state index contributed by atoms with van der Waals surface area (Å²) in [6, 6.07) is 4.76. The van der Waals surface area contributed by atoms with Crippen LogP contribution in [-0.2, 0) is 28.5 Å². The fraction of sp³-hybridized carbons (Fsp3) is 0.333. The first kappa shape index (κ1) is 17.8. The molecular weight excluding hydrogens is 380 g/mol. The summed E-state index contributed by atoms with van der Waals surface area (Å²) in [5.41, 5.74) is 0.311. The molecule has 4 aliphatic rings. The summed E-state index contributed by atoms with van der Waals surface area (Å²) in [4.78, 5) is 24.8. The van der Waals surface area contributed by atoms with Gasteiger partial charge in [-0.05, 0) is 29.8 Å². The highest BCUT2D eigenvalue weighted by atomic mass is 16.7. The highest BCUT2D eigenvalue weighted by molar-refractivity contribution is 5.99. The lowest BCUT2D eigenvalue weighted by atomic mass is 9.78. The van der Waals surface area contributed by atoms with Crippen molar-refractivity contribution in [3.05, 3.63) is 53.3 Å². The molecule has 5 rings (SSSR count). The van der Waals surface area contributed by atoms with Gasteiger partial charge in [0.15, 0.2) is 17.1 Å². The normalized spacial score (nSPS) is 34.9. The summed E-state index contributed by atoms with van der Waals surface area (Å²) >= 11 is 0. The van der Waals surface area contributed by atoms with Crippen LogP contribution in [0.5, 0.6) is 11.5 Å². The summed E-state index contributed by atoms with van der Waals surface area (Å²) in [6.07, 6.45) is 5.30. The maximum absolute atomic E-state index is 12.7. The van der Waals surface area contributed by atoms with Gasteiger partial charge in [-0.25, -0.2) is 9.59 Å². The minimum atomic E-state index is -1.03. The molecular formula is C21H18O8. The van der Waals surface area contributed by atoms with Gasteiger partial charge in [0, 0.05) is 5.92 Å². The molecule has 0 unspecified atom stereocenters. The second-order valence-corrected chi connectivity index (χ2v) is 7.27. The van der Waals surface area contributed by atoms with Crippen LogP contribution in [0.4, 0.5) is 0 Å². The topological polar surface area (TPSA) is 101 Å². The molecule has 0 saturated carbocycles. The third kappa shape index (κ3) is 2.35. The van der Waals surface area contributed by atoms with Gasteiger partial charge in [0.2, 0.25) is 6.29 Å². The Morgan fingerprint density at radius 3 is 2.90 bits per heavy atom. The molecule has 3 aliphatic heterocycles. The van der Waals surface area contributed by atoms with Crippen LogP contribution in [0.15, 0.2) is 47.8 Å². The van der Waals surface area contributed by atoms with E-state index in [-0.39, 0.29) is 23.3 Å². The zero-order chi connectivity index (χ0) is 20.3. The van der Waals surface area contributed by atoms with Gasteiger partial charge in [0.05, 0.1) is 37.5 Å². The molecule has 2 saturated heterocycles. The zero-order valence-electron chi connectivity index (χ0n) is 15.7. The molecule has 5 atom stereocenters. The highest BCUT2D eigenvalue weighted by Gasteiger charge is 2.70. The van der Waals surface area contributed by atoms with Gasteiger partial charge in [-0.15, -0.1) is 0 Å². The molecule has 8 nitrogen and oxygen atoms in total. The van der Waals surface area contributed by atoms with Gasteiger partial charge in [0.25, 0.3) is 0 Å². The fourth-order valence-corrected chi connectivity index (χ4v) is 4.57. The van der Waals surface area contributed by atoms with Crippen LogP contribution >= 0.6 is 0 Å². The van der Waals surface area contributed by atoms with E-state index in [0.29, 0.717) is 16.7 Å². The van der Waals surface area contributed by atoms with Gasteiger partial charge in [-0.2, -0.15) is 0 Å². The van der Waals surface area contributed by atoms with Crippen molar-refractivity contribution in [2.75, 3.05) is 14.2 Å². The van der Waals surface area contributed by atoms with E-state index < -0.39 is 29.9 Å². The fourth-order valence-electron chi connectivity index (χ4n) is 4.57. The average molecular weight is 398 g/mol. The predicted molar refractivity (Wildman–Crippen MR) is 97.4 cm³/mol. The molecule has 0 radical (unpaired) electrons. The molecule has 29 heavy (non-hydrogen) atoms. The van der Waals surface area contributed by atoms with Crippen LogP contribution in [0.25, 0.3) is 6.08 Å². The molecule has 0 aromatic heterocycles. The van der Waals surface area contributed by atoms with Crippen molar-refractivity contribution in [3.8, 4) is 11.5 Å². The quantitative estimate of drug-likeness (QED) is 0.467. The lowest BCUT2D eigenvalue weighted by Crippen LogP contribution is -2.43.